The van der Waals surface area contributed by atoms with Crippen LogP contribution in [-0.4, -0.2) is 12.3 Å². The zero-order valence-corrected chi connectivity index (χ0v) is 6.90. The van der Waals surface area contributed by atoms with Gasteiger partial charge in [0.2, 0.25) is 0 Å². The van der Waals surface area contributed by atoms with E-state index in [1.54, 1.807) is 0 Å². The van der Waals surface area contributed by atoms with Crippen molar-refractivity contribution in [3.8, 4) is 0 Å². The minimum Gasteiger partial charge on any atom is -0.248 e. The molecule has 2 heteroatoms. The van der Waals surface area contributed by atoms with Crippen LogP contribution < -0.4 is 0 Å². The lowest BCUT2D eigenvalue weighted by molar-refractivity contribution is 0.228. The van der Waals surface area contributed by atoms with Crippen molar-refractivity contribution in [2.45, 2.75) is 46.0 Å². The molecule has 0 rings (SSSR count). The lowest BCUT2D eigenvalue weighted by atomic mass is 10.00. The Morgan fingerprint density at radius 2 is 1.50 bits per heavy atom. The third kappa shape index (κ3) is 4.71. The topological polar surface area (TPSA) is 0 Å². The molecule has 0 bridgehead atoms. The van der Waals surface area contributed by atoms with Crippen LogP contribution in [0.3, 0.4) is 0 Å². The molecule has 0 fully saturated rings. The zero-order chi connectivity index (χ0) is 8.15. The van der Waals surface area contributed by atoms with Crippen LogP contribution in [0, 0.1) is 5.92 Å². The summed E-state index contributed by atoms with van der Waals surface area (Å²) in [5.41, 5.74) is 0. The van der Waals surface area contributed by atoms with Crippen molar-refractivity contribution in [3.63, 3.8) is 0 Å². The van der Waals surface area contributed by atoms with E-state index in [1.807, 2.05) is 6.92 Å². The molecular weight excluding hydrogens is 134 g/mol. The first kappa shape index (κ1) is 9.86. The van der Waals surface area contributed by atoms with Crippen LogP contribution in [0.2, 0.25) is 0 Å². The van der Waals surface area contributed by atoms with Crippen LogP contribution in [0.5, 0.6) is 0 Å². The maximum atomic E-state index is 12.4. The van der Waals surface area contributed by atoms with Crippen LogP contribution >= 0.6 is 0 Å². The van der Waals surface area contributed by atoms with E-state index in [9.17, 15) is 8.78 Å². The summed E-state index contributed by atoms with van der Waals surface area (Å²) >= 11 is 0. The Kier molecular flexibility index (Phi) is 4.58. The first-order valence-corrected chi connectivity index (χ1v) is 3.82. The van der Waals surface area contributed by atoms with Crippen molar-refractivity contribution in [1.29, 1.82) is 0 Å². The van der Waals surface area contributed by atoms with Crippen LogP contribution in [-0.2, 0) is 0 Å². The highest BCUT2D eigenvalue weighted by molar-refractivity contribution is 4.61. The summed E-state index contributed by atoms with van der Waals surface area (Å²) in [5, 5.41) is 0. The summed E-state index contributed by atoms with van der Waals surface area (Å²) in [5.74, 6) is -0.00167. The van der Waals surface area contributed by atoms with Crippen molar-refractivity contribution in [2.75, 3.05) is 0 Å². The summed E-state index contributed by atoms with van der Waals surface area (Å²) < 4.78 is 24.6. The quantitative estimate of drug-likeness (QED) is 0.577. The van der Waals surface area contributed by atoms with Gasteiger partial charge in [-0.3, -0.25) is 0 Å². The summed E-state index contributed by atoms with van der Waals surface area (Å²) in [6.45, 7) is 4.84. The van der Waals surface area contributed by atoms with Gasteiger partial charge < -0.3 is 0 Å². The third-order valence-electron chi connectivity index (χ3n) is 1.80. The Labute approximate surface area is 61.6 Å². The molecule has 0 aromatic rings. The molecule has 0 amide bonds. The predicted octanol–water partition coefficient (Wildman–Crippen LogP) is 3.12. The number of rotatable bonds is 4. The van der Waals surface area contributed by atoms with E-state index < -0.39 is 12.3 Å². The smallest absolute Gasteiger partial charge is 0.0999 e. The third-order valence-corrected chi connectivity index (χ3v) is 1.80. The first-order chi connectivity index (χ1) is 4.54. The minimum absolute atomic E-state index is 0.00167. The maximum absolute atomic E-state index is 12.4. The van der Waals surface area contributed by atoms with Crippen molar-refractivity contribution < 1.29 is 8.78 Å². The van der Waals surface area contributed by atoms with Gasteiger partial charge in [-0.05, 0) is 32.6 Å². The molecule has 3 atom stereocenters. The highest BCUT2D eigenvalue weighted by atomic mass is 19.1. The largest absolute Gasteiger partial charge is 0.248 e. The van der Waals surface area contributed by atoms with Crippen molar-refractivity contribution in [2.24, 2.45) is 5.92 Å². The molecule has 0 radical (unpaired) electrons. The van der Waals surface area contributed by atoms with E-state index >= 15 is 0 Å². The molecule has 0 nitrogen and oxygen atoms in total. The van der Waals surface area contributed by atoms with Gasteiger partial charge in [0.05, 0.1) is 12.3 Å². The van der Waals surface area contributed by atoms with Crippen molar-refractivity contribution in [3.05, 3.63) is 0 Å². The van der Waals surface area contributed by atoms with Gasteiger partial charge in [-0.25, -0.2) is 8.78 Å². The van der Waals surface area contributed by atoms with Crippen LogP contribution in [0.15, 0.2) is 0 Å². The fraction of sp³-hybridized carbons (Fsp3) is 1.00. The molecule has 0 saturated carbocycles. The Bertz CT molecular complexity index is 79.3. The van der Waals surface area contributed by atoms with Gasteiger partial charge in [0.1, 0.15) is 0 Å². The summed E-state index contributed by atoms with van der Waals surface area (Å²) in [7, 11) is 0. The summed E-state index contributed by atoms with van der Waals surface area (Å²) in [6, 6.07) is 0. The number of alkyl halides is 2. The van der Waals surface area contributed by atoms with Crippen molar-refractivity contribution >= 4 is 0 Å². The van der Waals surface area contributed by atoms with E-state index in [4.69, 9.17) is 0 Å². The molecule has 0 N–H and O–H groups in total. The zero-order valence-electron chi connectivity index (χ0n) is 6.90. The molecule has 0 aromatic heterocycles. The molecule has 0 heterocycles. The van der Waals surface area contributed by atoms with E-state index in [2.05, 4.69) is 0 Å². The Morgan fingerprint density at radius 3 is 1.80 bits per heavy atom. The predicted molar refractivity (Wildman–Crippen MR) is 39.5 cm³/mol. The number of hydrogen-bond donors (Lipinski definition) is 0. The van der Waals surface area contributed by atoms with Crippen LogP contribution in [0.4, 0.5) is 8.78 Å². The monoisotopic (exact) mass is 150 g/mol. The fourth-order valence-electron chi connectivity index (χ4n) is 0.722. The minimum atomic E-state index is -0.807. The molecule has 0 saturated heterocycles. The number of hydrogen-bond acceptors (Lipinski definition) is 0. The number of halogens is 2. The van der Waals surface area contributed by atoms with Gasteiger partial charge in [-0.15, -0.1) is 0 Å². The second-order valence-electron chi connectivity index (χ2n) is 3.01. The maximum Gasteiger partial charge on any atom is 0.0999 e. The Balaban J connectivity index is 3.30. The molecular formula is C8H16F2. The lowest BCUT2D eigenvalue weighted by Crippen LogP contribution is -2.09. The second kappa shape index (κ2) is 4.64. The summed E-state index contributed by atoms with van der Waals surface area (Å²) in [6.07, 6.45) is -0.468. The average Bonchev–Trinajstić information content (AvgIpc) is 1.82. The van der Waals surface area contributed by atoms with E-state index in [0.29, 0.717) is 12.8 Å². The molecule has 0 spiro atoms. The molecule has 0 aliphatic rings. The van der Waals surface area contributed by atoms with Gasteiger partial charge in [-0.1, -0.05) is 6.92 Å². The van der Waals surface area contributed by atoms with Crippen molar-refractivity contribution in [1.82, 2.24) is 0 Å². The van der Waals surface area contributed by atoms with Gasteiger partial charge >= 0.3 is 0 Å². The normalized spacial score (nSPS) is 20.1. The van der Waals surface area contributed by atoms with Gasteiger partial charge in [0.15, 0.2) is 0 Å². The molecule has 0 aromatic carbocycles. The van der Waals surface area contributed by atoms with Gasteiger partial charge in [0.25, 0.3) is 0 Å². The SMILES string of the molecule is CC(F)C(C)CC[C@@H](C)F. The standard InChI is InChI=1S/C8H16F2/c1-6(8(3)10)4-5-7(2)9/h6-8H,4-5H2,1-3H3/t6?,7-,8?/m1/s1. The van der Waals surface area contributed by atoms with E-state index in [1.165, 1.54) is 13.8 Å². The average molecular weight is 150 g/mol. The van der Waals surface area contributed by atoms with Crippen LogP contribution in [0.25, 0.3) is 0 Å². The summed E-state index contributed by atoms with van der Waals surface area (Å²) in [4.78, 5) is 0. The van der Waals surface area contributed by atoms with E-state index in [-0.39, 0.29) is 5.92 Å². The highest BCUT2D eigenvalue weighted by Crippen LogP contribution is 2.15. The van der Waals surface area contributed by atoms with Gasteiger partial charge in [0, 0.05) is 0 Å². The van der Waals surface area contributed by atoms with Crippen LogP contribution in [0.1, 0.15) is 33.6 Å². The molecule has 62 valence electrons. The Morgan fingerprint density at radius 1 is 1.00 bits per heavy atom. The molecule has 0 aliphatic heterocycles. The lowest BCUT2D eigenvalue weighted by Gasteiger charge is -2.11. The van der Waals surface area contributed by atoms with E-state index in [0.717, 1.165) is 0 Å². The van der Waals surface area contributed by atoms with Gasteiger partial charge in [-0.2, -0.15) is 0 Å². The molecule has 10 heavy (non-hydrogen) atoms. The fourth-order valence-corrected chi connectivity index (χ4v) is 0.722. The Hall–Kier alpha value is -0.140. The molecule has 0 aliphatic carbocycles. The first-order valence-electron chi connectivity index (χ1n) is 3.82. The molecule has 2 unspecified atom stereocenters. The highest BCUT2D eigenvalue weighted by Gasteiger charge is 2.11. The second-order valence-corrected chi connectivity index (χ2v) is 3.01.